The van der Waals surface area contributed by atoms with E-state index >= 15 is 0 Å². The van der Waals surface area contributed by atoms with E-state index in [0.717, 1.165) is 27.8 Å². The molecule has 0 aromatic heterocycles. The van der Waals surface area contributed by atoms with E-state index in [9.17, 15) is 14.4 Å². The van der Waals surface area contributed by atoms with E-state index in [1.165, 1.54) is 4.90 Å². The van der Waals surface area contributed by atoms with Crippen LogP contribution in [0.1, 0.15) is 45.7 Å². The van der Waals surface area contributed by atoms with Crippen LogP contribution in [-0.2, 0) is 29.4 Å². The molecule has 0 saturated carbocycles. The highest BCUT2D eigenvalue weighted by Crippen LogP contribution is 2.45. The lowest BCUT2D eigenvalue weighted by Crippen LogP contribution is -2.50. The largest absolute Gasteiger partial charge is 0.449 e. The van der Waals surface area contributed by atoms with Gasteiger partial charge in [-0.05, 0) is 35.2 Å². The van der Waals surface area contributed by atoms with Crippen LogP contribution in [0, 0.1) is 6.92 Å². The number of alkyl carbamates (subject to hydrolysis) is 1. The van der Waals surface area contributed by atoms with Gasteiger partial charge in [0, 0.05) is 34.2 Å². The van der Waals surface area contributed by atoms with Crippen molar-refractivity contribution >= 4 is 29.6 Å². The van der Waals surface area contributed by atoms with Gasteiger partial charge in [-0.3, -0.25) is 9.59 Å². The van der Waals surface area contributed by atoms with E-state index in [0.29, 0.717) is 34.9 Å². The van der Waals surface area contributed by atoms with E-state index in [1.807, 2.05) is 116 Å². The highest BCUT2D eigenvalue weighted by atomic mass is 35.5. The number of nitrogens with one attached hydrogen (secondary N) is 1. The van der Waals surface area contributed by atoms with Gasteiger partial charge in [0.15, 0.2) is 5.60 Å². The van der Waals surface area contributed by atoms with Crippen LogP contribution in [0.3, 0.4) is 0 Å². The number of hydrogen-bond acceptors (Lipinski definition) is 6. The summed E-state index contributed by atoms with van der Waals surface area (Å²) in [5.41, 5.74) is 5.75. The number of hydrogen-bond donors (Lipinski definition) is 1. The number of fused-ring (bicyclic) bond motifs is 3. The quantitative estimate of drug-likeness (QED) is 0.119. The molecule has 2 aliphatic rings. The van der Waals surface area contributed by atoms with Crippen LogP contribution in [-0.4, -0.2) is 55.4 Å². The Morgan fingerprint density at radius 2 is 1.43 bits per heavy atom. The average Bonchev–Trinajstić information content (AvgIpc) is 3.81. The number of benzene rings is 5. The molecule has 5 aromatic carbocycles. The summed E-state index contributed by atoms with van der Waals surface area (Å²) in [4.78, 5) is 43.0. The second kappa shape index (κ2) is 14.8. The van der Waals surface area contributed by atoms with Gasteiger partial charge in [0.05, 0.1) is 13.0 Å². The number of halogens is 1. The fraction of sp³-hybridized carbons (Fsp3) is 0.214. The summed E-state index contributed by atoms with van der Waals surface area (Å²) in [6.07, 6.45) is -1.29. The number of esters is 1. The van der Waals surface area contributed by atoms with Crippen molar-refractivity contribution in [3.8, 4) is 11.1 Å². The number of carbonyl (C=O) groups is 3. The Bertz CT molecular complexity index is 2000. The predicted octanol–water partition coefficient (Wildman–Crippen LogP) is 7.60. The molecule has 8 nitrogen and oxygen atoms in total. The molecule has 258 valence electrons. The van der Waals surface area contributed by atoms with Gasteiger partial charge in [-0.15, -0.1) is 0 Å². The summed E-state index contributed by atoms with van der Waals surface area (Å²) in [5, 5.41) is 3.08. The Labute approximate surface area is 301 Å². The third-order valence-electron chi connectivity index (χ3n) is 9.53. The summed E-state index contributed by atoms with van der Waals surface area (Å²) in [5.74, 6) is -1.38. The Kier molecular flexibility index (Phi) is 9.88. The number of aryl methyl sites for hydroxylation is 1. The minimum Gasteiger partial charge on any atom is -0.449 e. The molecule has 1 aliphatic heterocycles. The van der Waals surface area contributed by atoms with Crippen LogP contribution < -0.4 is 5.32 Å². The summed E-state index contributed by atoms with van der Waals surface area (Å²) >= 11 is 6.85. The number of amides is 2. The predicted molar refractivity (Wildman–Crippen MR) is 194 cm³/mol. The summed E-state index contributed by atoms with van der Waals surface area (Å²) in [6.45, 7) is 2.75. The van der Waals surface area contributed by atoms with Crippen molar-refractivity contribution in [2.24, 2.45) is 0 Å². The average molecular weight is 701 g/mol. The molecule has 51 heavy (non-hydrogen) atoms. The lowest BCUT2D eigenvalue weighted by molar-refractivity contribution is -0.156. The van der Waals surface area contributed by atoms with Crippen molar-refractivity contribution in [3.63, 3.8) is 0 Å². The Morgan fingerprint density at radius 3 is 2.08 bits per heavy atom. The summed E-state index contributed by atoms with van der Waals surface area (Å²) in [7, 11) is 0. The first-order valence-corrected chi connectivity index (χ1v) is 17.3. The first-order valence-electron chi connectivity index (χ1n) is 16.9. The van der Waals surface area contributed by atoms with Gasteiger partial charge in [-0.1, -0.05) is 138 Å². The Morgan fingerprint density at radius 1 is 0.824 bits per heavy atom. The Balaban J connectivity index is 1.17. The van der Waals surface area contributed by atoms with E-state index in [2.05, 4.69) is 17.4 Å². The van der Waals surface area contributed by atoms with Crippen LogP contribution in [0.2, 0.25) is 5.02 Å². The lowest BCUT2D eigenvalue weighted by Gasteiger charge is -2.36. The third-order valence-corrected chi connectivity index (χ3v) is 9.86. The smallest absolute Gasteiger partial charge is 0.407 e. The van der Waals surface area contributed by atoms with Gasteiger partial charge in [0.2, 0.25) is 5.91 Å². The van der Waals surface area contributed by atoms with Gasteiger partial charge in [-0.25, -0.2) is 4.79 Å². The molecule has 7 rings (SSSR count). The van der Waals surface area contributed by atoms with Crippen LogP contribution in [0.4, 0.5) is 4.79 Å². The molecular weight excluding hydrogens is 664 g/mol. The molecular formula is C42H37ClN2O6. The maximum Gasteiger partial charge on any atom is 0.407 e. The second-order valence-electron chi connectivity index (χ2n) is 12.7. The third kappa shape index (κ3) is 6.85. The Hall–Kier alpha value is -5.44. The molecule has 2 atom stereocenters. The van der Waals surface area contributed by atoms with Gasteiger partial charge in [0.25, 0.3) is 0 Å². The van der Waals surface area contributed by atoms with E-state index < -0.39 is 36.0 Å². The standard InChI is InChI=1S/C42H37ClN2O6/c1-28-19-21-30(22-20-28)42(29-11-3-2-4-12-29,36-17-9-10-18-37(36)43)51-39(46)25-38(40(47)45-23-24-49-27-45)44-41(48)50-26-35-33-15-7-5-13-31(33)32-14-6-8-16-34(32)35/h2-22,35,38H,23-27H2,1H3,(H,44,48)/t38-,42?/m0/s1. The van der Waals surface area contributed by atoms with E-state index in [1.54, 1.807) is 6.07 Å². The van der Waals surface area contributed by atoms with E-state index in [4.69, 9.17) is 25.8 Å². The number of rotatable bonds is 10. The van der Waals surface area contributed by atoms with Gasteiger partial charge in [-0.2, -0.15) is 0 Å². The normalized spacial score (nSPS) is 15.3. The van der Waals surface area contributed by atoms with Gasteiger partial charge < -0.3 is 24.4 Å². The molecule has 1 aliphatic carbocycles. The molecule has 9 heteroatoms. The molecule has 0 radical (unpaired) electrons. The fourth-order valence-electron chi connectivity index (χ4n) is 7.03. The monoisotopic (exact) mass is 700 g/mol. The van der Waals surface area contributed by atoms with Crippen molar-refractivity contribution in [1.29, 1.82) is 0 Å². The van der Waals surface area contributed by atoms with Crippen molar-refractivity contribution in [3.05, 3.63) is 166 Å². The molecule has 0 spiro atoms. The maximum absolute atomic E-state index is 14.3. The minimum atomic E-state index is -1.47. The molecule has 0 bridgehead atoms. The van der Waals surface area contributed by atoms with Crippen LogP contribution >= 0.6 is 11.6 Å². The van der Waals surface area contributed by atoms with Crippen molar-refractivity contribution < 1.29 is 28.6 Å². The highest BCUT2D eigenvalue weighted by Gasteiger charge is 2.43. The zero-order valence-corrected chi connectivity index (χ0v) is 28.8. The first kappa shape index (κ1) is 34.0. The van der Waals surface area contributed by atoms with Crippen molar-refractivity contribution in [2.45, 2.75) is 30.9 Å². The molecule has 1 heterocycles. The fourth-order valence-corrected chi connectivity index (χ4v) is 7.30. The van der Waals surface area contributed by atoms with Crippen molar-refractivity contribution in [1.82, 2.24) is 10.2 Å². The van der Waals surface area contributed by atoms with Crippen LogP contribution in [0.15, 0.2) is 127 Å². The SMILES string of the molecule is Cc1ccc(C(OC(=O)C[C@H](NC(=O)OCC2c3ccccc3-c3ccccc32)C(=O)N2CCOC2)(c2ccccc2)c2ccccc2Cl)cc1. The second-order valence-corrected chi connectivity index (χ2v) is 13.1. The minimum absolute atomic E-state index is 0.0493. The molecule has 1 fully saturated rings. The van der Waals surface area contributed by atoms with Crippen molar-refractivity contribution in [2.75, 3.05) is 26.5 Å². The molecule has 1 saturated heterocycles. The number of ether oxygens (including phenoxy) is 3. The highest BCUT2D eigenvalue weighted by molar-refractivity contribution is 6.31. The van der Waals surface area contributed by atoms with E-state index in [-0.39, 0.29) is 19.3 Å². The molecule has 1 N–H and O–H groups in total. The van der Waals surface area contributed by atoms with Crippen LogP contribution in [0.25, 0.3) is 11.1 Å². The summed E-state index contributed by atoms with van der Waals surface area (Å²) < 4.78 is 17.7. The zero-order chi connectivity index (χ0) is 35.4. The molecule has 1 unspecified atom stereocenters. The van der Waals surface area contributed by atoms with Gasteiger partial charge in [0.1, 0.15) is 19.4 Å². The number of nitrogens with zero attached hydrogens (tertiary/aromatic N) is 1. The lowest BCUT2D eigenvalue weighted by atomic mass is 9.79. The topological polar surface area (TPSA) is 94.2 Å². The van der Waals surface area contributed by atoms with Gasteiger partial charge >= 0.3 is 12.1 Å². The maximum atomic E-state index is 14.3. The summed E-state index contributed by atoms with van der Waals surface area (Å²) in [6, 6.07) is 39.0. The first-order chi connectivity index (χ1) is 24.8. The molecule has 5 aromatic rings. The number of carbonyl (C=O) groups excluding carboxylic acids is 3. The zero-order valence-electron chi connectivity index (χ0n) is 28.1. The van der Waals surface area contributed by atoms with Crippen LogP contribution in [0.5, 0.6) is 0 Å². The molecule has 2 amide bonds.